The van der Waals surface area contributed by atoms with Gasteiger partial charge in [-0.2, -0.15) is 0 Å². The number of hydrogen-bond donors (Lipinski definition) is 0. The van der Waals surface area contributed by atoms with Gasteiger partial charge in [-0.3, -0.25) is 0 Å². The minimum absolute atomic E-state index is 0.166. The van der Waals surface area contributed by atoms with E-state index in [0.29, 0.717) is 11.6 Å². The van der Waals surface area contributed by atoms with Crippen molar-refractivity contribution in [1.82, 2.24) is 0 Å². The lowest BCUT2D eigenvalue weighted by Gasteiger charge is -2.23. The maximum Gasteiger partial charge on any atom is 0.513 e. The van der Waals surface area contributed by atoms with Gasteiger partial charge in [0.2, 0.25) is 0 Å². The van der Waals surface area contributed by atoms with Crippen molar-refractivity contribution in [2.45, 2.75) is 6.92 Å². The molecular formula is C18H19Cl2NO4. The van der Waals surface area contributed by atoms with Gasteiger partial charge in [0, 0.05) is 29.4 Å². The van der Waals surface area contributed by atoms with Gasteiger partial charge in [-0.15, -0.1) is 0 Å². The monoisotopic (exact) mass is 383 g/mol. The minimum Gasteiger partial charge on any atom is -0.497 e. The van der Waals surface area contributed by atoms with Gasteiger partial charge in [-0.25, -0.2) is 4.79 Å². The van der Waals surface area contributed by atoms with Crippen LogP contribution in [0.15, 0.2) is 42.5 Å². The predicted octanol–water partition coefficient (Wildman–Crippen LogP) is 5.04. The molecular weight excluding hydrogens is 365 g/mol. The van der Waals surface area contributed by atoms with E-state index in [1.807, 2.05) is 31.2 Å². The highest BCUT2D eigenvalue weighted by atomic mass is 35.5. The molecule has 7 heteroatoms. The van der Waals surface area contributed by atoms with Gasteiger partial charge in [-0.1, -0.05) is 29.3 Å². The summed E-state index contributed by atoms with van der Waals surface area (Å²) in [6, 6.07) is 12.3. The Morgan fingerprint density at radius 1 is 1.16 bits per heavy atom. The first kappa shape index (κ1) is 19.2. The third kappa shape index (κ3) is 5.73. The highest BCUT2D eigenvalue weighted by Crippen LogP contribution is 2.28. The van der Waals surface area contributed by atoms with Crippen LogP contribution < -0.4 is 14.4 Å². The Morgan fingerprint density at radius 2 is 1.96 bits per heavy atom. The number of carbonyl (C=O) groups excluding carboxylic acids is 1. The minimum atomic E-state index is -0.828. The molecule has 0 aliphatic carbocycles. The molecule has 0 saturated heterocycles. The Bertz CT molecular complexity index is 724. The molecule has 0 unspecified atom stereocenters. The summed E-state index contributed by atoms with van der Waals surface area (Å²) in [6.45, 7) is 3.46. The highest BCUT2D eigenvalue weighted by Gasteiger charge is 2.12. The van der Waals surface area contributed by atoms with Crippen molar-refractivity contribution in [3.05, 3.63) is 52.5 Å². The summed E-state index contributed by atoms with van der Waals surface area (Å²) in [5.74, 6) is 0.936. The average Bonchev–Trinajstić information content (AvgIpc) is 2.62. The molecule has 2 aromatic carbocycles. The van der Waals surface area contributed by atoms with Crippen LogP contribution in [0.3, 0.4) is 0 Å². The van der Waals surface area contributed by atoms with E-state index in [1.54, 1.807) is 19.2 Å². The normalized spacial score (nSPS) is 10.2. The van der Waals surface area contributed by atoms with Gasteiger partial charge in [0.25, 0.3) is 0 Å². The number of carbonyl (C=O) groups is 1. The number of rotatable bonds is 7. The largest absolute Gasteiger partial charge is 0.513 e. The zero-order chi connectivity index (χ0) is 18.2. The molecule has 0 saturated carbocycles. The van der Waals surface area contributed by atoms with Crippen LogP contribution in [0, 0.1) is 0 Å². The number of halogens is 2. The SMILES string of the molecule is CCN(CCOC(=O)Oc1cc(Cl)ccc1Cl)c1cccc(OC)c1. The van der Waals surface area contributed by atoms with Crippen molar-refractivity contribution < 1.29 is 19.0 Å². The maximum absolute atomic E-state index is 11.8. The van der Waals surface area contributed by atoms with Crippen molar-refractivity contribution in [3.63, 3.8) is 0 Å². The van der Waals surface area contributed by atoms with E-state index in [2.05, 4.69) is 4.90 Å². The molecule has 0 aliphatic heterocycles. The molecule has 0 aromatic heterocycles. The fourth-order valence-electron chi connectivity index (χ4n) is 2.19. The van der Waals surface area contributed by atoms with Gasteiger partial charge in [0.15, 0.2) is 5.75 Å². The van der Waals surface area contributed by atoms with Crippen molar-refractivity contribution in [2.24, 2.45) is 0 Å². The smallest absolute Gasteiger partial charge is 0.497 e. The molecule has 5 nitrogen and oxygen atoms in total. The van der Waals surface area contributed by atoms with Gasteiger partial charge in [0.05, 0.1) is 18.7 Å². The Labute approximate surface area is 157 Å². The predicted molar refractivity (Wildman–Crippen MR) is 99.3 cm³/mol. The number of anilines is 1. The highest BCUT2D eigenvalue weighted by molar-refractivity contribution is 6.34. The second-order valence-corrected chi connectivity index (χ2v) is 5.90. The topological polar surface area (TPSA) is 48.0 Å². The first-order chi connectivity index (χ1) is 12.0. The summed E-state index contributed by atoms with van der Waals surface area (Å²) < 4.78 is 15.4. The van der Waals surface area contributed by atoms with E-state index in [0.717, 1.165) is 18.0 Å². The van der Waals surface area contributed by atoms with Crippen LogP contribution in [-0.2, 0) is 4.74 Å². The van der Waals surface area contributed by atoms with Crippen molar-refractivity contribution in [1.29, 1.82) is 0 Å². The van der Waals surface area contributed by atoms with E-state index in [4.69, 9.17) is 37.4 Å². The maximum atomic E-state index is 11.8. The van der Waals surface area contributed by atoms with E-state index in [-0.39, 0.29) is 17.4 Å². The van der Waals surface area contributed by atoms with Gasteiger partial charge in [0.1, 0.15) is 12.4 Å². The zero-order valence-electron chi connectivity index (χ0n) is 14.0. The Kier molecular flexibility index (Phi) is 7.22. The van der Waals surface area contributed by atoms with Crippen LogP contribution in [0.5, 0.6) is 11.5 Å². The van der Waals surface area contributed by atoms with Crippen LogP contribution in [0.2, 0.25) is 10.0 Å². The van der Waals surface area contributed by atoms with E-state index in [9.17, 15) is 4.79 Å². The lowest BCUT2D eigenvalue weighted by molar-refractivity contribution is 0.101. The third-order valence-electron chi connectivity index (χ3n) is 3.47. The standard InChI is InChI=1S/C18H19Cl2NO4/c1-3-21(14-5-4-6-15(12-14)23-2)9-10-24-18(22)25-17-11-13(19)7-8-16(17)20/h4-8,11-12H,3,9-10H2,1-2H3. The molecule has 0 fully saturated rings. The molecule has 0 radical (unpaired) electrons. The fraction of sp³-hybridized carbons (Fsp3) is 0.278. The molecule has 2 rings (SSSR count). The third-order valence-corrected chi connectivity index (χ3v) is 4.02. The number of likely N-dealkylation sites (N-methyl/N-ethyl adjacent to an activating group) is 1. The molecule has 0 heterocycles. The van der Waals surface area contributed by atoms with E-state index in [1.165, 1.54) is 6.07 Å². The number of methoxy groups -OCH3 is 1. The lowest BCUT2D eigenvalue weighted by atomic mass is 10.2. The molecule has 0 amide bonds. The summed E-state index contributed by atoms with van der Waals surface area (Å²) in [5, 5.41) is 0.704. The number of nitrogens with zero attached hydrogens (tertiary/aromatic N) is 1. The van der Waals surface area contributed by atoms with Crippen molar-refractivity contribution in [3.8, 4) is 11.5 Å². The molecule has 0 atom stereocenters. The second-order valence-electron chi connectivity index (χ2n) is 5.06. The molecule has 134 valence electrons. The van der Waals surface area contributed by atoms with Crippen LogP contribution in [0.4, 0.5) is 10.5 Å². The summed E-state index contributed by atoms with van der Waals surface area (Å²) >= 11 is 11.8. The first-order valence-corrected chi connectivity index (χ1v) is 8.47. The summed E-state index contributed by atoms with van der Waals surface area (Å²) in [7, 11) is 1.62. The van der Waals surface area contributed by atoms with E-state index < -0.39 is 6.16 Å². The van der Waals surface area contributed by atoms with Gasteiger partial charge >= 0.3 is 6.16 Å². The number of hydrogen-bond acceptors (Lipinski definition) is 5. The number of ether oxygens (including phenoxy) is 3. The van der Waals surface area contributed by atoms with Crippen LogP contribution in [0.25, 0.3) is 0 Å². The Hall–Kier alpha value is -2.11. The zero-order valence-corrected chi connectivity index (χ0v) is 15.5. The van der Waals surface area contributed by atoms with E-state index >= 15 is 0 Å². The quantitative estimate of drug-likeness (QED) is 0.494. The molecule has 0 N–H and O–H groups in total. The molecule has 0 bridgehead atoms. The van der Waals surface area contributed by atoms with Crippen LogP contribution >= 0.6 is 23.2 Å². The second kappa shape index (κ2) is 9.39. The summed E-state index contributed by atoms with van der Waals surface area (Å²) in [5.41, 5.74) is 0.983. The Balaban J connectivity index is 1.87. The number of benzene rings is 2. The average molecular weight is 384 g/mol. The van der Waals surface area contributed by atoms with Gasteiger partial charge < -0.3 is 19.1 Å². The molecule has 2 aromatic rings. The van der Waals surface area contributed by atoms with Crippen molar-refractivity contribution >= 4 is 35.0 Å². The van der Waals surface area contributed by atoms with Gasteiger partial charge in [-0.05, 0) is 31.2 Å². The summed E-state index contributed by atoms with van der Waals surface area (Å²) in [4.78, 5) is 13.9. The van der Waals surface area contributed by atoms with Crippen LogP contribution in [0.1, 0.15) is 6.92 Å². The fourth-order valence-corrected chi connectivity index (χ4v) is 2.51. The van der Waals surface area contributed by atoms with Crippen LogP contribution in [-0.4, -0.2) is 33.0 Å². The molecule has 25 heavy (non-hydrogen) atoms. The molecule has 0 aliphatic rings. The molecule has 0 spiro atoms. The summed E-state index contributed by atoms with van der Waals surface area (Å²) in [6.07, 6.45) is -0.828. The Morgan fingerprint density at radius 3 is 2.68 bits per heavy atom. The van der Waals surface area contributed by atoms with Crippen molar-refractivity contribution in [2.75, 3.05) is 31.7 Å². The lowest BCUT2D eigenvalue weighted by Crippen LogP contribution is -2.28. The first-order valence-electron chi connectivity index (χ1n) is 7.72.